The van der Waals surface area contributed by atoms with Crippen LogP contribution in [0.1, 0.15) is 42.6 Å². The molecule has 0 saturated heterocycles. The van der Waals surface area contributed by atoms with Crippen LogP contribution in [0, 0.1) is 5.82 Å². The molecular weight excluding hydrogens is 317 g/mol. The first-order valence-corrected chi connectivity index (χ1v) is 8.66. The number of benzene rings is 1. The van der Waals surface area contributed by atoms with E-state index in [4.69, 9.17) is 0 Å². The van der Waals surface area contributed by atoms with Crippen molar-refractivity contribution in [1.82, 2.24) is 4.98 Å². The highest BCUT2D eigenvalue weighted by Gasteiger charge is 2.10. The summed E-state index contributed by atoms with van der Waals surface area (Å²) >= 11 is 0. The molecule has 2 aromatic rings. The lowest BCUT2D eigenvalue weighted by atomic mass is 9.97. The van der Waals surface area contributed by atoms with Gasteiger partial charge >= 0.3 is 0 Å². The first kappa shape index (κ1) is 17.1. The predicted octanol–water partition coefficient (Wildman–Crippen LogP) is 4.78. The molecule has 0 bridgehead atoms. The highest BCUT2D eigenvalue weighted by Crippen LogP contribution is 2.20. The van der Waals surface area contributed by atoms with Crippen molar-refractivity contribution in [3.8, 4) is 0 Å². The first-order chi connectivity index (χ1) is 12.2. The van der Waals surface area contributed by atoms with Crippen molar-refractivity contribution < 1.29 is 9.18 Å². The van der Waals surface area contributed by atoms with E-state index < -0.39 is 11.7 Å². The van der Waals surface area contributed by atoms with Crippen LogP contribution in [0.5, 0.6) is 0 Å². The number of anilines is 2. The molecule has 1 aliphatic rings. The van der Waals surface area contributed by atoms with Gasteiger partial charge in [-0.3, -0.25) is 4.79 Å². The number of hydrogen-bond donors (Lipinski definition) is 2. The van der Waals surface area contributed by atoms with Crippen LogP contribution in [0.2, 0.25) is 0 Å². The molecule has 25 heavy (non-hydrogen) atoms. The number of aromatic nitrogens is 1. The Morgan fingerprint density at radius 3 is 2.76 bits per heavy atom. The minimum Gasteiger partial charge on any atom is -0.383 e. The Labute approximate surface area is 147 Å². The molecule has 1 aromatic heterocycles. The molecule has 0 aliphatic heterocycles. The van der Waals surface area contributed by atoms with Crippen LogP contribution in [0.3, 0.4) is 0 Å². The summed E-state index contributed by atoms with van der Waals surface area (Å²) in [6.45, 7) is 0.855. The van der Waals surface area contributed by atoms with Gasteiger partial charge in [-0.1, -0.05) is 23.8 Å². The lowest BCUT2D eigenvalue weighted by Gasteiger charge is -2.13. The second kappa shape index (κ2) is 8.42. The Bertz CT molecular complexity index is 756. The van der Waals surface area contributed by atoms with Crippen molar-refractivity contribution >= 4 is 17.3 Å². The Balaban J connectivity index is 1.52. The highest BCUT2D eigenvalue weighted by atomic mass is 19.1. The van der Waals surface area contributed by atoms with Crippen LogP contribution in [0.25, 0.3) is 0 Å². The molecule has 2 N–H and O–H groups in total. The van der Waals surface area contributed by atoms with Crippen molar-refractivity contribution in [3.63, 3.8) is 0 Å². The van der Waals surface area contributed by atoms with Crippen molar-refractivity contribution in [2.45, 2.75) is 32.1 Å². The third-order valence-corrected chi connectivity index (χ3v) is 4.28. The van der Waals surface area contributed by atoms with E-state index in [1.807, 2.05) is 6.07 Å². The van der Waals surface area contributed by atoms with Gasteiger partial charge in [0, 0.05) is 6.54 Å². The smallest absolute Gasteiger partial charge is 0.274 e. The van der Waals surface area contributed by atoms with Crippen LogP contribution in [-0.4, -0.2) is 17.4 Å². The molecule has 0 fully saturated rings. The number of carbonyl (C=O) groups is 1. The quantitative estimate of drug-likeness (QED) is 0.745. The summed E-state index contributed by atoms with van der Waals surface area (Å²) in [5.41, 5.74) is 2.80. The molecule has 0 saturated carbocycles. The molecule has 0 spiro atoms. The number of rotatable bonds is 6. The normalized spacial score (nSPS) is 13.9. The van der Waals surface area contributed by atoms with Gasteiger partial charge in [0.15, 0.2) is 0 Å². The van der Waals surface area contributed by atoms with Crippen LogP contribution >= 0.6 is 0 Å². The summed E-state index contributed by atoms with van der Waals surface area (Å²) in [6, 6.07) is 9.52. The zero-order valence-electron chi connectivity index (χ0n) is 14.1. The van der Waals surface area contributed by atoms with Crippen LogP contribution in [0.15, 0.2) is 54.2 Å². The van der Waals surface area contributed by atoms with Gasteiger partial charge in [0.2, 0.25) is 0 Å². The molecule has 1 amide bonds. The van der Waals surface area contributed by atoms with E-state index in [1.54, 1.807) is 24.4 Å². The Hall–Kier alpha value is -2.69. The average Bonchev–Trinajstić information content (AvgIpc) is 2.65. The zero-order chi connectivity index (χ0) is 17.5. The third kappa shape index (κ3) is 4.89. The molecule has 0 unspecified atom stereocenters. The number of nitrogens with one attached hydrogen (secondary N) is 2. The molecular formula is C20H22FN3O. The number of carbonyl (C=O) groups excluding carboxylic acids is 1. The average molecular weight is 339 g/mol. The number of amides is 1. The molecule has 3 rings (SSSR count). The van der Waals surface area contributed by atoms with Gasteiger partial charge < -0.3 is 10.6 Å². The summed E-state index contributed by atoms with van der Waals surface area (Å²) < 4.78 is 13.6. The highest BCUT2D eigenvalue weighted by molar-refractivity contribution is 6.03. The lowest BCUT2D eigenvalue weighted by Crippen LogP contribution is -2.14. The van der Waals surface area contributed by atoms with Crippen molar-refractivity contribution in [3.05, 3.63) is 65.8 Å². The number of allylic oxidation sites excluding steroid dienone is 1. The fourth-order valence-corrected chi connectivity index (χ4v) is 2.88. The summed E-state index contributed by atoms with van der Waals surface area (Å²) in [7, 11) is 0. The van der Waals surface area contributed by atoms with E-state index in [9.17, 15) is 9.18 Å². The molecule has 1 aromatic carbocycles. The number of pyridine rings is 1. The van der Waals surface area contributed by atoms with Gasteiger partial charge in [-0.25, -0.2) is 9.37 Å². The van der Waals surface area contributed by atoms with E-state index in [1.165, 1.54) is 43.4 Å². The Morgan fingerprint density at radius 1 is 1.16 bits per heavy atom. The SMILES string of the molecule is O=C(Nc1ccccc1F)c1ccc(NCCC2=CCCCC2)cn1. The van der Waals surface area contributed by atoms with Crippen LogP contribution in [-0.2, 0) is 0 Å². The van der Waals surface area contributed by atoms with Gasteiger partial charge in [0.05, 0.1) is 17.6 Å². The van der Waals surface area contributed by atoms with Crippen molar-refractivity contribution in [2.75, 3.05) is 17.2 Å². The topological polar surface area (TPSA) is 54.0 Å². The van der Waals surface area contributed by atoms with Gasteiger partial charge in [-0.2, -0.15) is 0 Å². The minimum absolute atomic E-state index is 0.150. The fourth-order valence-electron chi connectivity index (χ4n) is 2.88. The Kier molecular flexibility index (Phi) is 5.77. The number of halogens is 1. The Morgan fingerprint density at radius 2 is 2.04 bits per heavy atom. The maximum atomic E-state index is 13.6. The molecule has 4 nitrogen and oxygen atoms in total. The second-order valence-corrected chi connectivity index (χ2v) is 6.15. The zero-order valence-corrected chi connectivity index (χ0v) is 14.1. The number of nitrogens with zero attached hydrogens (tertiary/aromatic N) is 1. The van der Waals surface area contributed by atoms with Crippen LogP contribution in [0.4, 0.5) is 15.8 Å². The molecule has 1 heterocycles. The largest absolute Gasteiger partial charge is 0.383 e. The molecule has 0 radical (unpaired) electrons. The third-order valence-electron chi connectivity index (χ3n) is 4.28. The monoisotopic (exact) mass is 339 g/mol. The van der Waals surface area contributed by atoms with E-state index in [0.717, 1.165) is 18.7 Å². The fraction of sp³-hybridized carbons (Fsp3) is 0.300. The van der Waals surface area contributed by atoms with E-state index in [-0.39, 0.29) is 11.4 Å². The van der Waals surface area contributed by atoms with Gasteiger partial charge in [-0.05, 0) is 56.4 Å². The molecule has 5 heteroatoms. The minimum atomic E-state index is -0.467. The van der Waals surface area contributed by atoms with E-state index in [2.05, 4.69) is 21.7 Å². The van der Waals surface area contributed by atoms with Crippen LogP contribution < -0.4 is 10.6 Å². The predicted molar refractivity (Wildman–Crippen MR) is 98.2 cm³/mol. The maximum absolute atomic E-state index is 13.6. The van der Waals surface area contributed by atoms with E-state index in [0.29, 0.717) is 0 Å². The van der Waals surface area contributed by atoms with Crippen molar-refractivity contribution in [1.29, 1.82) is 0 Å². The summed E-state index contributed by atoms with van der Waals surface area (Å²) in [4.78, 5) is 16.3. The van der Waals surface area contributed by atoms with Crippen molar-refractivity contribution in [2.24, 2.45) is 0 Å². The molecule has 0 atom stereocenters. The number of hydrogen-bond acceptors (Lipinski definition) is 3. The van der Waals surface area contributed by atoms with E-state index >= 15 is 0 Å². The molecule has 1 aliphatic carbocycles. The number of para-hydroxylation sites is 1. The lowest BCUT2D eigenvalue weighted by molar-refractivity contribution is 0.102. The summed E-state index contributed by atoms with van der Waals surface area (Å²) in [6.07, 6.45) is 10.0. The first-order valence-electron chi connectivity index (χ1n) is 8.66. The van der Waals surface area contributed by atoms with Gasteiger partial charge in [0.1, 0.15) is 11.5 Å². The standard InChI is InChI=1S/C20H22FN3O/c21-17-8-4-5-9-18(17)24-20(25)19-11-10-16(14-23-19)22-13-12-15-6-2-1-3-7-15/h4-6,8-11,14,22H,1-3,7,12-13H2,(H,24,25). The van der Waals surface area contributed by atoms with Gasteiger partial charge in [0.25, 0.3) is 5.91 Å². The maximum Gasteiger partial charge on any atom is 0.274 e. The second-order valence-electron chi connectivity index (χ2n) is 6.15. The summed E-state index contributed by atoms with van der Waals surface area (Å²) in [5, 5.41) is 5.85. The summed E-state index contributed by atoms with van der Waals surface area (Å²) in [5.74, 6) is -0.893. The van der Waals surface area contributed by atoms with Gasteiger partial charge in [-0.15, -0.1) is 0 Å². The molecule has 130 valence electrons.